The zero-order valence-corrected chi connectivity index (χ0v) is 10.9. The second kappa shape index (κ2) is 3.19. The molecule has 86 valence electrons. The first-order chi connectivity index (χ1) is 8.03. The van der Waals surface area contributed by atoms with Crippen LogP contribution in [-0.2, 0) is 12.5 Å². The Hall–Kier alpha value is -1.63. The van der Waals surface area contributed by atoms with Crippen molar-refractivity contribution in [2.75, 3.05) is 0 Å². The fourth-order valence-electron chi connectivity index (χ4n) is 3.08. The van der Waals surface area contributed by atoms with Crippen LogP contribution in [0.25, 0.3) is 11.3 Å². The lowest BCUT2D eigenvalue weighted by atomic mass is 9.82. The average molecular weight is 224 g/mol. The lowest BCUT2D eigenvalue weighted by Crippen LogP contribution is -2.31. The highest BCUT2D eigenvalue weighted by atomic mass is 14.9. The predicted molar refractivity (Wildman–Crippen MR) is 69.9 cm³/mol. The Bertz CT molecular complexity index is 555. The van der Waals surface area contributed by atoms with Gasteiger partial charge >= 0.3 is 0 Å². The van der Waals surface area contributed by atoms with Crippen molar-refractivity contribution in [1.82, 2.24) is 0 Å². The van der Waals surface area contributed by atoms with E-state index in [1.807, 2.05) is 0 Å². The molecule has 0 radical (unpaired) electrons. The Kier molecular flexibility index (Phi) is 1.97. The third kappa shape index (κ3) is 1.22. The Labute approximate surface area is 103 Å². The van der Waals surface area contributed by atoms with Gasteiger partial charge in [0.2, 0.25) is 5.69 Å². The number of fused-ring (bicyclic) bond motifs is 3. The summed E-state index contributed by atoms with van der Waals surface area (Å²) < 4.78 is 2.25. The molecule has 0 spiro atoms. The average Bonchev–Trinajstić information content (AvgIpc) is 2.52. The van der Waals surface area contributed by atoms with E-state index >= 15 is 0 Å². The van der Waals surface area contributed by atoms with Crippen molar-refractivity contribution in [1.29, 1.82) is 0 Å². The number of rotatable bonds is 0. The molecule has 1 heteroatoms. The van der Waals surface area contributed by atoms with Crippen molar-refractivity contribution in [3.05, 3.63) is 53.2 Å². The van der Waals surface area contributed by atoms with Gasteiger partial charge < -0.3 is 0 Å². The molecule has 0 fully saturated rings. The van der Waals surface area contributed by atoms with Crippen molar-refractivity contribution in [2.24, 2.45) is 7.05 Å². The Morgan fingerprint density at radius 2 is 1.71 bits per heavy atom. The van der Waals surface area contributed by atoms with Gasteiger partial charge in [0.1, 0.15) is 7.05 Å². The molecule has 3 rings (SSSR count). The topological polar surface area (TPSA) is 3.88 Å². The number of nitrogens with zero attached hydrogens (tertiary/aromatic N) is 1. The number of hydrogen-bond acceptors (Lipinski definition) is 0. The molecule has 0 unspecified atom stereocenters. The molecule has 2 aromatic rings. The van der Waals surface area contributed by atoms with Crippen LogP contribution in [0.15, 0.2) is 36.5 Å². The monoisotopic (exact) mass is 224 g/mol. The largest absolute Gasteiger partial charge is 0.216 e. The maximum atomic E-state index is 2.32. The molecule has 0 saturated heterocycles. The van der Waals surface area contributed by atoms with Crippen LogP contribution < -0.4 is 4.57 Å². The van der Waals surface area contributed by atoms with Gasteiger partial charge in [-0.1, -0.05) is 32.0 Å². The van der Waals surface area contributed by atoms with E-state index < -0.39 is 0 Å². The third-order valence-electron chi connectivity index (χ3n) is 4.04. The molecule has 1 aliphatic rings. The first-order valence-electron chi connectivity index (χ1n) is 6.13. The summed E-state index contributed by atoms with van der Waals surface area (Å²) in [6.07, 6.45) is 2.14. The van der Waals surface area contributed by atoms with Crippen molar-refractivity contribution in [3.63, 3.8) is 0 Å². The molecule has 17 heavy (non-hydrogen) atoms. The van der Waals surface area contributed by atoms with Gasteiger partial charge in [-0.25, -0.2) is 4.57 Å². The van der Waals surface area contributed by atoms with Gasteiger partial charge in [0.05, 0.1) is 5.56 Å². The van der Waals surface area contributed by atoms with Crippen molar-refractivity contribution in [3.8, 4) is 11.3 Å². The molecule has 0 atom stereocenters. The zero-order chi connectivity index (χ0) is 12.2. The second-order valence-corrected chi connectivity index (χ2v) is 5.50. The minimum Gasteiger partial charge on any atom is -0.201 e. The van der Waals surface area contributed by atoms with Gasteiger partial charge in [0, 0.05) is 17.0 Å². The lowest BCUT2D eigenvalue weighted by molar-refractivity contribution is -0.660. The van der Waals surface area contributed by atoms with E-state index in [0.717, 1.165) is 0 Å². The fourth-order valence-corrected chi connectivity index (χ4v) is 3.08. The summed E-state index contributed by atoms with van der Waals surface area (Å²) >= 11 is 0. The van der Waals surface area contributed by atoms with Crippen LogP contribution in [0.2, 0.25) is 0 Å². The van der Waals surface area contributed by atoms with E-state index in [0.29, 0.717) is 0 Å². The minimum absolute atomic E-state index is 0.121. The molecule has 0 amide bonds. The quantitative estimate of drug-likeness (QED) is 0.605. The first-order valence-corrected chi connectivity index (χ1v) is 6.13. The Morgan fingerprint density at radius 3 is 2.47 bits per heavy atom. The summed E-state index contributed by atoms with van der Waals surface area (Å²) in [5.74, 6) is 0. The zero-order valence-electron chi connectivity index (χ0n) is 10.9. The van der Waals surface area contributed by atoms with Crippen LogP contribution in [0.1, 0.15) is 30.5 Å². The van der Waals surface area contributed by atoms with Crippen LogP contribution in [0, 0.1) is 6.92 Å². The molecule has 1 aromatic heterocycles. The Morgan fingerprint density at radius 1 is 1.00 bits per heavy atom. The first kappa shape index (κ1) is 10.5. The minimum atomic E-state index is 0.121. The molecule has 0 bridgehead atoms. The van der Waals surface area contributed by atoms with Crippen LogP contribution in [0.3, 0.4) is 0 Å². The van der Waals surface area contributed by atoms with E-state index in [9.17, 15) is 0 Å². The van der Waals surface area contributed by atoms with Gasteiger partial charge in [0.15, 0.2) is 6.20 Å². The summed E-state index contributed by atoms with van der Waals surface area (Å²) in [4.78, 5) is 0. The number of pyridine rings is 1. The molecule has 1 heterocycles. The van der Waals surface area contributed by atoms with Crippen molar-refractivity contribution in [2.45, 2.75) is 26.2 Å². The molecule has 1 nitrogen and oxygen atoms in total. The van der Waals surface area contributed by atoms with Gasteiger partial charge in [-0.15, -0.1) is 0 Å². The highest BCUT2D eigenvalue weighted by Gasteiger charge is 2.41. The molecule has 1 aliphatic carbocycles. The number of aromatic nitrogens is 1. The number of benzene rings is 1. The molecular weight excluding hydrogens is 206 g/mol. The summed E-state index contributed by atoms with van der Waals surface area (Å²) in [7, 11) is 2.14. The summed E-state index contributed by atoms with van der Waals surface area (Å²) in [6.45, 7) is 6.84. The molecule has 0 saturated carbocycles. The van der Waals surface area contributed by atoms with Gasteiger partial charge in [-0.05, 0) is 24.1 Å². The standard InChI is InChI=1S/C16H18N/c1-11-7-5-8-12-14(11)15-13(16(12,2)3)9-6-10-17(15)4/h5-10H,1-4H3/q+1. The summed E-state index contributed by atoms with van der Waals surface area (Å²) in [5, 5.41) is 0. The van der Waals surface area contributed by atoms with Gasteiger partial charge in [-0.3, -0.25) is 0 Å². The van der Waals surface area contributed by atoms with Crippen LogP contribution in [-0.4, -0.2) is 0 Å². The number of aryl methyl sites for hydroxylation is 2. The highest BCUT2D eigenvalue weighted by Crippen LogP contribution is 2.47. The predicted octanol–water partition coefficient (Wildman–Crippen LogP) is 3.13. The summed E-state index contributed by atoms with van der Waals surface area (Å²) in [6, 6.07) is 11.0. The van der Waals surface area contributed by atoms with E-state index in [1.54, 1.807) is 0 Å². The molecular formula is C16H18N+. The van der Waals surface area contributed by atoms with Crippen LogP contribution in [0.5, 0.6) is 0 Å². The molecule has 0 aliphatic heterocycles. The van der Waals surface area contributed by atoms with E-state index in [1.165, 1.54) is 27.9 Å². The van der Waals surface area contributed by atoms with Gasteiger partial charge in [0.25, 0.3) is 0 Å². The molecule has 1 aromatic carbocycles. The maximum absolute atomic E-state index is 2.32. The normalized spacial score (nSPS) is 15.5. The van der Waals surface area contributed by atoms with Gasteiger partial charge in [-0.2, -0.15) is 0 Å². The smallest absolute Gasteiger partial charge is 0.201 e. The second-order valence-electron chi connectivity index (χ2n) is 5.50. The SMILES string of the molecule is Cc1cccc2c1-c1c(ccc[n+]1C)C2(C)C. The Balaban J connectivity index is 2.49. The van der Waals surface area contributed by atoms with Crippen LogP contribution in [0.4, 0.5) is 0 Å². The van der Waals surface area contributed by atoms with E-state index in [-0.39, 0.29) is 5.41 Å². The molecule has 0 N–H and O–H groups in total. The third-order valence-corrected chi connectivity index (χ3v) is 4.04. The van der Waals surface area contributed by atoms with Crippen molar-refractivity contribution >= 4 is 0 Å². The highest BCUT2D eigenvalue weighted by molar-refractivity contribution is 5.78. The van der Waals surface area contributed by atoms with E-state index in [4.69, 9.17) is 0 Å². The van der Waals surface area contributed by atoms with Crippen molar-refractivity contribution < 1.29 is 4.57 Å². The maximum Gasteiger partial charge on any atom is 0.216 e. The van der Waals surface area contributed by atoms with Crippen LogP contribution >= 0.6 is 0 Å². The summed E-state index contributed by atoms with van der Waals surface area (Å²) in [5.41, 5.74) is 7.19. The lowest BCUT2D eigenvalue weighted by Gasteiger charge is -2.19. The number of hydrogen-bond donors (Lipinski definition) is 0. The van der Waals surface area contributed by atoms with E-state index in [2.05, 4.69) is 68.9 Å². The fraction of sp³-hybridized carbons (Fsp3) is 0.312.